The van der Waals surface area contributed by atoms with Crippen LogP contribution in [0, 0.1) is 0 Å². The molecule has 0 aliphatic heterocycles. The molecule has 1 rings (SSSR count). The summed E-state index contributed by atoms with van der Waals surface area (Å²) >= 11 is 5.65. The Balaban J connectivity index is 3.04. The molecule has 0 aromatic carbocycles. The van der Waals surface area contributed by atoms with E-state index in [9.17, 15) is 0 Å². The van der Waals surface area contributed by atoms with Crippen LogP contribution >= 0.6 is 11.6 Å². The van der Waals surface area contributed by atoms with Gasteiger partial charge in [-0.2, -0.15) is 0 Å². The summed E-state index contributed by atoms with van der Waals surface area (Å²) in [7, 11) is 0. The lowest BCUT2D eigenvalue weighted by Crippen LogP contribution is -1.99. The molecule has 1 aromatic heterocycles. The fourth-order valence-corrected chi connectivity index (χ4v) is 0.789. The first-order chi connectivity index (χ1) is 4.74. The van der Waals surface area contributed by atoms with Crippen molar-refractivity contribution in [2.75, 3.05) is 5.73 Å². The van der Waals surface area contributed by atoms with Gasteiger partial charge < -0.3 is 11.5 Å². The monoisotopic (exact) mass is 157 g/mol. The van der Waals surface area contributed by atoms with Gasteiger partial charge in [0.1, 0.15) is 5.82 Å². The van der Waals surface area contributed by atoms with E-state index in [2.05, 4.69) is 4.98 Å². The first kappa shape index (κ1) is 7.31. The number of nitrogens with two attached hydrogens (primary N) is 2. The van der Waals surface area contributed by atoms with E-state index in [0.29, 0.717) is 17.4 Å². The molecule has 54 valence electrons. The van der Waals surface area contributed by atoms with Crippen molar-refractivity contribution in [1.29, 1.82) is 0 Å². The zero-order valence-corrected chi connectivity index (χ0v) is 6.10. The Morgan fingerprint density at radius 3 is 2.80 bits per heavy atom. The van der Waals surface area contributed by atoms with Gasteiger partial charge in [-0.1, -0.05) is 11.6 Å². The second-order valence-electron chi connectivity index (χ2n) is 1.91. The van der Waals surface area contributed by atoms with Crippen LogP contribution in [-0.4, -0.2) is 4.98 Å². The molecule has 1 heterocycles. The molecule has 0 aliphatic carbocycles. The highest BCUT2D eigenvalue weighted by Gasteiger charge is 1.96. The predicted octanol–water partition coefficient (Wildman–Crippen LogP) is 0.776. The van der Waals surface area contributed by atoms with E-state index in [1.807, 2.05) is 0 Å². The largest absolute Gasteiger partial charge is 0.382 e. The first-order valence-electron chi connectivity index (χ1n) is 2.84. The number of hydrogen-bond donors (Lipinski definition) is 2. The Kier molecular flexibility index (Phi) is 2.09. The first-order valence-corrected chi connectivity index (χ1v) is 3.22. The lowest BCUT2D eigenvalue weighted by atomic mass is 10.3. The van der Waals surface area contributed by atoms with Crippen LogP contribution in [0.2, 0.25) is 5.02 Å². The summed E-state index contributed by atoms with van der Waals surface area (Å²) in [5.41, 5.74) is 11.6. The van der Waals surface area contributed by atoms with Crippen LogP contribution in [0.1, 0.15) is 5.56 Å². The van der Waals surface area contributed by atoms with Gasteiger partial charge in [0.25, 0.3) is 0 Å². The normalized spacial score (nSPS) is 9.80. The van der Waals surface area contributed by atoms with Crippen LogP contribution in [0.4, 0.5) is 5.82 Å². The second-order valence-corrected chi connectivity index (χ2v) is 2.32. The van der Waals surface area contributed by atoms with Crippen molar-refractivity contribution in [2.45, 2.75) is 6.54 Å². The molecular formula is C6H8ClN3. The summed E-state index contributed by atoms with van der Waals surface area (Å²) in [6.45, 7) is 0.438. The van der Waals surface area contributed by atoms with Crippen LogP contribution in [0.5, 0.6) is 0 Å². The van der Waals surface area contributed by atoms with Crippen molar-refractivity contribution in [2.24, 2.45) is 5.73 Å². The van der Waals surface area contributed by atoms with Crippen LogP contribution in [0.15, 0.2) is 12.3 Å². The minimum absolute atomic E-state index is 0.346. The summed E-state index contributed by atoms with van der Waals surface area (Å²) < 4.78 is 0. The van der Waals surface area contributed by atoms with Gasteiger partial charge in [0.2, 0.25) is 0 Å². The zero-order chi connectivity index (χ0) is 7.56. The highest BCUT2D eigenvalue weighted by molar-refractivity contribution is 6.32. The maximum absolute atomic E-state index is 5.65. The number of hydrogen-bond acceptors (Lipinski definition) is 3. The quantitative estimate of drug-likeness (QED) is 0.633. The van der Waals surface area contributed by atoms with Gasteiger partial charge in [-0.3, -0.25) is 0 Å². The van der Waals surface area contributed by atoms with Crippen LogP contribution < -0.4 is 11.5 Å². The van der Waals surface area contributed by atoms with Gasteiger partial charge in [0, 0.05) is 12.7 Å². The van der Waals surface area contributed by atoms with E-state index in [4.69, 9.17) is 23.1 Å². The molecule has 0 bridgehead atoms. The molecule has 0 aliphatic rings. The lowest BCUT2D eigenvalue weighted by Gasteiger charge is -1.98. The molecule has 0 fully saturated rings. The third-order valence-corrected chi connectivity index (χ3v) is 1.46. The number of pyridine rings is 1. The smallest absolute Gasteiger partial charge is 0.142 e. The van der Waals surface area contributed by atoms with E-state index in [0.717, 1.165) is 5.56 Å². The Bertz CT molecular complexity index is 236. The average molecular weight is 158 g/mol. The summed E-state index contributed by atoms with van der Waals surface area (Å²) in [4.78, 5) is 3.82. The molecule has 0 amide bonds. The Morgan fingerprint density at radius 1 is 1.60 bits per heavy atom. The van der Waals surface area contributed by atoms with Crippen molar-refractivity contribution < 1.29 is 0 Å². The van der Waals surface area contributed by atoms with E-state index >= 15 is 0 Å². The van der Waals surface area contributed by atoms with Crippen molar-refractivity contribution in [3.05, 3.63) is 22.8 Å². The van der Waals surface area contributed by atoms with Crippen LogP contribution in [-0.2, 0) is 6.54 Å². The zero-order valence-electron chi connectivity index (χ0n) is 5.34. The molecule has 0 saturated carbocycles. The number of aromatic nitrogens is 1. The van der Waals surface area contributed by atoms with Gasteiger partial charge >= 0.3 is 0 Å². The number of nitrogen functional groups attached to an aromatic ring is 1. The highest BCUT2D eigenvalue weighted by Crippen LogP contribution is 2.15. The minimum Gasteiger partial charge on any atom is -0.382 e. The third-order valence-electron chi connectivity index (χ3n) is 1.16. The summed E-state index contributed by atoms with van der Waals surface area (Å²) in [5.74, 6) is 0.346. The van der Waals surface area contributed by atoms with Gasteiger partial charge in [-0.05, 0) is 11.6 Å². The Morgan fingerprint density at radius 2 is 2.30 bits per heavy atom. The van der Waals surface area contributed by atoms with Gasteiger partial charge in [-0.25, -0.2) is 4.98 Å². The van der Waals surface area contributed by atoms with E-state index in [-0.39, 0.29) is 0 Å². The molecule has 0 radical (unpaired) electrons. The van der Waals surface area contributed by atoms with Crippen molar-refractivity contribution >= 4 is 17.4 Å². The highest BCUT2D eigenvalue weighted by atomic mass is 35.5. The standard InChI is InChI=1S/C6H8ClN3/c7-5-1-4(2-8)3-10-6(5)9/h1,3H,2,8H2,(H2,9,10). The van der Waals surface area contributed by atoms with Crippen molar-refractivity contribution in [3.63, 3.8) is 0 Å². The predicted molar refractivity (Wildman–Crippen MR) is 41.6 cm³/mol. The molecule has 10 heavy (non-hydrogen) atoms. The minimum atomic E-state index is 0.346. The summed E-state index contributed by atoms with van der Waals surface area (Å²) in [6, 6.07) is 1.71. The fourth-order valence-electron chi connectivity index (χ4n) is 0.600. The number of rotatable bonds is 1. The maximum atomic E-state index is 5.65. The average Bonchev–Trinajstić information content (AvgIpc) is 1.95. The SMILES string of the molecule is NCc1cnc(N)c(Cl)c1. The molecule has 0 saturated heterocycles. The molecular weight excluding hydrogens is 150 g/mol. The molecule has 0 atom stereocenters. The third kappa shape index (κ3) is 1.37. The number of halogens is 1. The Labute approximate surface area is 64.0 Å². The molecule has 0 spiro atoms. The summed E-state index contributed by atoms with van der Waals surface area (Å²) in [5, 5.41) is 0.461. The van der Waals surface area contributed by atoms with Gasteiger partial charge in [-0.15, -0.1) is 0 Å². The van der Waals surface area contributed by atoms with E-state index in [1.165, 1.54) is 0 Å². The Hall–Kier alpha value is -0.800. The molecule has 3 nitrogen and oxygen atoms in total. The van der Waals surface area contributed by atoms with Crippen LogP contribution in [0.25, 0.3) is 0 Å². The number of anilines is 1. The van der Waals surface area contributed by atoms with Crippen molar-refractivity contribution in [3.8, 4) is 0 Å². The van der Waals surface area contributed by atoms with Gasteiger partial charge in [0.15, 0.2) is 0 Å². The van der Waals surface area contributed by atoms with Crippen LogP contribution in [0.3, 0.4) is 0 Å². The fraction of sp³-hybridized carbons (Fsp3) is 0.167. The maximum Gasteiger partial charge on any atom is 0.142 e. The molecule has 4 heteroatoms. The van der Waals surface area contributed by atoms with Gasteiger partial charge in [0.05, 0.1) is 5.02 Å². The van der Waals surface area contributed by atoms with E-state index < -0.39 is 0 Å². The van der Waals surface area contributed by atoms with Crippen molar-refractivity contribution in [1.82, 2.24) is 4.98 Å². The number of nitrogens with zero attached hydrogens (tertiary/aromatic N) is 1. The summed E-state index contributed by atoms with van der Waals surface area (Å²) in [6.07, 6.45) is 1.61. The molecule has 0 unspecified atom stereocenters. The second kappa shape index (κ2) is 2.86. The topological polar surface area (TPSA) is 64.9 Å². The lowest BCUT2D eigenvalue weighted by molar-refractivity contribution is 1.05. The molecule has 4 N–H and O–H groups in total. The molecule has 1 aromatic rings. The van der Waals surface area contributed by atoms with E-state index in [1.54, 1.807) is 12.3 Å².